The fraction of sp³-hybridized carbons (Fsp3) is 0.0556. The Morgan fingerprint density at radius 2 is 1.65 bits per heavy atom. The number of aryl methyl sites for hydroxylation is 1. The summed E-state index contributed by atoms with van der Waals surface area (Å²) in [6.07, 6.45) is 0. The van der Waals surface area contributed by atoms with Gasteiger partial charge in [0.25, 0.3) is 0 Å². The molecule has 0 aromatic heterocycles. The topological polar surface area (TPSA) is 37.3 Å². The Labute approximate surface area is 117 Å². The van der Waals surface area contributed by atoms with Gasteiger partial charge >= 0.3 is 5.97 Å². The number of hydrogen-bond donors (Lipinski definition) is 1. The molecule has 1 N–H and O–H groups in total. The normalized spacial score (nSPS) is 10.7. The van der Waals surface area contributed by atoms with Crippen molar-refractivity contribution in [3.63, 3.8) is 0 Å². The maximum atomic E-state index is 11.1. The highest BCUT2D eigenvalue weighted by Crippen LogP contribution is 2.28. The van der Waals surface area contributed by atoms with Crippen molar-refractivity contribution in [1.82, 2.24) is 0 Å². The van der Waals surface area contributed by atoms with E-state index < -0.39 is 5.97 Å². The van der Waals surface area contributed by atoms with Gasteiger partial charge in [0, 0.05) is 0 Å². The summed E-state index contributed by atoms with van der Waals surface area (Å²) < 4.78 is 0. The molecule has 2 nitrogen and oxygen atoms in total. The molecule has 0 aliphatic rings. The van der Waals surface area contributed by atoms with Crippen molar-refractivity contribution in [3.8, 4) is 11.1 Å². The first-order valence-electron chi connectivity index (χ1n) is 6.48. The van der Waals surface area contributed by atoms with Crippen LogP contribution in [0, 0.1) is 6.92 Å². The maximum absolute atomic E-state index is 11.1. The van der Waals surface area contributed by atoms with Crippen LogP contribution in [0.3, 0.4) is 0 Å². The summed E-state index contributed by atoms with van der Waals surface area (Å²) in [5, 5.41) is 11.5. The molecule has 0 saturated carbocycles. The van der Waals surface area contributed by atoms with Gasteiger partial charge in [-0.2, -0.15) is 0 Å². The van der Waals surface area contributed by atoms with E-state index >= 15 is 0 Å². The van der Waals surface area contributed by atoms with Gasteiger partial charge in [0.15, 0.2) is 0 Å². The lowest BCUT2D eigenvalue weighted by atomic mass is 9.96. The van der Waals surface area contributed by atoms with Crippen molar-refractivity contribution in [2.75, 3.05) is 0 Å². The lowest BCUT2D eigenvalue weighted by Crippen LogP contribution is -1.97. The molecule has 0 unspecified atom stereocenters. The molecule has 0 heterocycles. The Hall–Kier alpha value is -2.61. The van der Waals surface area contributed by atoms with Crippen LogP contribution in [0.4, 0.5) is 0 Å². The minimum absolute atomic E-state index is 0.318. The van der Waals surface area contributed by atoms with Gasteiger partial charge in [-0.05, 0) is 52.6 Å². The molecule has 0 radical (unpaired) electrons. The van der Waals surface area contributed by atoms with E-state index in [1.54, 1.807) is 12.1 Å². The first-order chi connectivity index (χ1) is 9.65. The van der Waals surface area contributed by atoms with Crippen LogP contribution in [-0.2, 0) is 0 Å². The summed E-state index contributed by atoms with van der Waals surface area (Å²) in [6, 6.07) is 19.6. The van der Waals surface area contributed by atoms with Crippen LogP contribution >= 0.6 is 0 Å². The molecule has 98 valence electrons. The maximum Gasteiger partial charge on any atom is 0.335 e. The number of carboxylic acid groups (broad SMARTS) is 1. The van der Waals surface area contributed by atoms with Crippen LogP contribution in [0.1, 0.15) is 15.9 Å². The second kappa shape index (κ2) is 4.82. The molecular formula is C18H14O2. The van der Waals surface area contributed by atoms with Crippen molar-refractivity contribution >= 4 is 16.7 Å². The molecular weight excluding hydrogens is 248 g/mol. The van der Waals surface area contributed by atoms with Crippen molar-refractivity contribution in [2.45, 2.75) is 6.92 Å². The number of carboxylic acids is 1. The third kappa shape index (κ3) is 2.16. The number of hydrogen-bond acceptors (Lipinski definition) is 1. The van der Waals surface area contributed by atoms with Crippen LogP contribution in [0.15, 0.2) is 60.7 Å². The van der Waals surface area contributed by atoms with Gasteiger partial charge in [0.05, 0.1) is 5.56 Å². The van der Waals surface area contributed by atoms with Gasteiger partial charge in [0.2, 0.25) is 0 Å². The minimum Gasteiger partial charge on any atom is -0.478 e. The SMILES string of the molecule is Cc1ccc(C(=O)O)cc1-c1ccc2ccccc2c1. The molecule has 20 heavy (non-hydrogen) atoms. The van der Waals surface area contributed by atoms with E-state index in [1.165, 1.54) is 5.39 Å². The zero-order chi connectivity index (χ0) is 14.1. The second-order valence-electron chi connectivity index (χ2n) is 4.90. The predicted octanol–water partition coefficient (Wildman–Crippen LogP) is 4.51. The van der Waals surface area contributed by atoms with Crippen molar-refractivity contribution in [3.05, 3.63) is 71.8 Å². The van der Waals surface area contributed by atoms with Crippen LogP contribution in [0.5, 0.6) is 0 Å². The van der Waals surface area contributed by atoms with Gasteiger partial charge in [-0.25, -0.2) is 4.79 Å². The predicted molar refractivity (Wildman–Crippen MR) is 81.1 cm³/mol. The summed E-state index contributed by atoms with van der Waals surface area (Å²) in [5.74, 6) is -0.896. The van der Waals surface area contributed by atoms with Crippen molar-refractivity contribution < 1.29 is 9.90 Å². The van der Waals surface area contributed by atoms with Crippen molar-refractivity contribution in [1.29, 1.82) is 0 Å². The van der Waals surface area contributed by atoms with E-state index in [9.17, 15) is 4.79 Å². The van der Waals surface area contributed by atoms with Gasteiger partial charge in [0.1, 0.15) is 0 Å². The van der Waals surface area contributed by atoms with Gasteiger partial charge in [-0.15, -0.1) is 0 Å². The molecule has 0 aliphatic heterocycles. The van der Waals surface area contributed by atoms with E-state index in [4.69, 9.17) is 5.11 Å². The molecule has 0 fully saturated rings. The van der Waals surface area contributed by atoms with Gasteiger partial charge in [-0.1, -0.05) is 42.5 Å². The Kier molecular flexibility index (Phi) is 2.99. The number of fused-ring (bicyclic) bond motifs is 1. The van der Waals surface area contributed by atoms with Crippen LogP contribution in [0.2, 0.25) is 0 Å². The van der Waals surface area contributed by atoms with Crippen LogP contribution in [-0.4, -0.2) is 11.1 Å². The monoisotopic (exact) mass is 262 g/mol. The van der Waals surface area contributed by atoms with Gasteiger partial charge < -0.3 is 5.11 Å². The summed E-state index contributed by atoms with van der Waals surface area (Å²) >= 11 is 0. The zero-order valence-electron chi connectivity index (χ0n) is 11.1. The Morgan fingerprint density at radius 1 is 0.900 bits per heavy atom. The van der Waals surface area contributed by atoms with E-state index in [0.29, 0.717) is 5.56 Å². The van der Waals surface area contributed by atoms with Gasteiger partial charge in [-0.3, -0.25) is 0 Å². The number of aromatic carboxylic acids is 1. The molecule has 0 atom stereocenters. The zero-order valence-corrected chi connectivity index (χ0v) is 11.1. The fourth-order valence-electron chi connectivity index (χ4n) is 2.42. The van der Waals surface area contributed by atoms with Crippen molar-refractivity contribution in [2.24, 2.45) is 0 Å². The summed E-state index contributed by atoms with van der Waals surface area (Å²) in [7, 11) is 0. The largest absolute Gasteiger partial charge is 0.478 e. The van der Waals surface area contributed by atoms with Crippen LogP contribution in [0.25, 0.3) is 21.9 Å². The number of carbonyl (C=O) groups is 1. The third-order valence-electron chi connectivity index (χ3n) is 3.54. The molecule has 3 aromatic carbocycles. The fourth-order valence-corrected chi connectivity index (χ4v) is 2.42. The van der Waals surface area contributed by atoms with E-state index in [1.807, 2.05) is 31.2 Å². The average Bonchev–Trinajstić information content (AvgIpc) is 2.47. The third-order valence-corrected chi connectivity index (χ3v) is 3.54. The number of benzene rings is 3. The minimum atomic E-state index is -0.896. The molecule has 0 amide bonds. The highest BCUT2D eigenvalue weighted by molar-refractivity contribution is 5.92. The smallest absolute Gasteiger partial charge is 0.335 e. The molecule has 3 aromatic rings. The van der Waals surface area contributed by atoms with E-state index in [-0.39, 0.29) is 0 Å². The summed E-state index contributed by atoms with van der Waals surface area (Å²) in [4.78, 5) is 11.1. The molecule has 0 spiro atoms. The molecule has 0 aliphatic carbocycles. The quantitative estimate of drug-likeness (QED) is 0.737. The first kappa shape index (κ1) is 12.4. The summed E-state index contributed by atoms with van der Waals surface area (Å²) in [6.45, 7) is 2.00. The van der Waals surface area contributed by atoms with E-state index in [0.717, 1.165) is 22.1 Å². The molecule has 0 saturated heterocycles. The Balaban J connectivity index is 2.19. The summed E-state index contributed by atoms with van der Waals surface area (Å²) in [5.41, 5.74) is 3.41. The lowest BCUT2D eigenvalue weighted by Gasteiger charge is -2.09. The number of rotatable bonds is 2. The standard InChI is InChI=1S/C18H14O2/c1-12-6-7-16(18(19)20)11-17(12)15-9-8-13-4-2-3-5-14(13)10-15/h2-11H,1H3,(H,19,20). The highest BCUT2D eigenvalue weighted by Gasteiger charge is 2.08. The highest BCUT2D eigenvalue weighted by atomic mass is 16.4. The lowest BCUT2D eigenvalue weighted by molar-refractivity contribution is 0.0697. The Morgan fingerprint density at radius 3 is 2.40 bits per heavy atom. The molecule has 2 heteroatoms. The Bertz CT molecular complexity index is 803. The van der Waals surface area contributed by atoms with Crippen LogP contribution < -0.4 is 0 Å². The molecule has 0 bridgehead atoms. The molecule has 3 rings (SSSR count). The second-order valence-corrected chi connectivity index (χ2v) is 4.90. The first-order valence-corrected chi connectivity index (χ1v) is 6.48. The average molecular weight is 262 g/mol. The van der Waals surface area contributed by atoms with E-state index in [2.05, 4.69) is 24.3 Å².